The zero-order valence-corrected chi connectivity index (χ0v) is 7.98. The van der Waals surface area contributed by atoms with Crippen LogP contribution in [0.25, 0.3) is 0 Å². The van der Waals surface area contributed by atoms with E-state index in [1.807, 2.05) is 13.8 Å². The fourth-order valence-corrected chi connectivity index (χ4v) is 0.654. The molecule has 3 nitrogen and oxygen atoms in total. The molecular weight excluding hydrogens is 181 g/mol. The Balaban J connectivity index is 0.000000561. The van der Waals surface area contributed by atoms with Crippen molar-refractivity contribution in [3.05, 3.63) is 17.3 Å². The summed E-state index contributed by atoms with van der Waals surface area (Å²) in [6.07, 6.45) is 1.02. The van der Waals surface area contributed by atoms with Gasteiger partial charge in [-0.3, -0.25) is 0 Å². The Morgan fingerprint density at radius 3 is 2.50 bits per heavy atom. The highest BCUT2D eigenvalue weighted by molar-refractivity contribution is 6.28. The van der Waals surface area contributed by atoms with Crippen LogP contribution in [0.1, 0.15) is 13.8 Å². The predicted octanol–water partition coefficient (Wildman–Crippen LogP) is 2.34. The topological polar surface area (TPSA) is 37.8 Å². The molecule has 0 spiro atoms. The van der Waals surface area contributed by atoms with Crippen molar-refractivity contribution in [3.8, 4) is 0 Å². The van der Waals surface area contributed by atoms with Gasteiger partial charge in [-0.25, -0.2) is 9.37 Å². The van der Waals surface area contributed by atoms with Gasteiger partial charge >= 0.3 is 0 Å². The van der Waals surface area contributed by atoms with E-state index in [0.29, 0.717) is 0 Å². The van der Waals surface area contributed by atoms with Crippen LogP contribution in [0.3, 0.4) is 0 Å². The van der Waals surface area contributed by atoms with Crippen LogP contribution in [0.15, 0.2) is 6.20 Å². The predicted molar refractivity (Wildman–Crippen MR) is 47.9 cm³/mol. The van der Waals surface area contributed by atoms with E-state index in [1.54, 1.807) is 7.05 Å². The third-order valence-electron chi connectivity index (χ3n) is 0.952. The van der Waals surface area contributed by atoms with Crippen molar-refractivity contribution in [1.29, 1.82) is 0 Å². The molecule has 1 rings (SSSR count). The molecule has 12 heavy (non-hydrogen) atoms. The van der Waals surface area contributed by atoms with E-state index in [1.165, 1.54) is 0 Å². The van der Waals surface area contributed by atoms with Gasteiger partial charge in [-0.2, -0.15) is 4.98 Å². The van der Waals surface area contributed by atoms with Crippen LogP contribution in [0, 0.1) is 5.82 Å². The maximum atomic E-state index is 12.5. The lowest BCUT2D eigenvalue weighted by Gasteiger charge is -1.98. The molecule has 1 aromatic rings. The molecule has 0 amide bonds. The summed E-state index contributed by atoms with van der Waals surface area (Å²) >= 11 is 5.37. The first-order chi connectivity index (χ1) is 5.74. The van der Waals surface area contributed by atoms with E-state index in [4.69, 9.17) is 11.6 Å². The zero-order valence-electron chi connectivity index (χ0n) is 7.23. The average molecular weight is 192 g/mol. The summed E-state index contributed by atoms with van der Waals surface area (Å²) in [7, 11) is 1.56. The smallest absolute Gasteiger partial charge is 0.224 e. The number of nitrogens with zero attached hydrogens (tertiary/aromatic N) is 2. The van der Waals surface area contributed by atoms with Gasteiger partial charge in [0.2, 0.25) is 5.28 Å². The fraction of sp³-hybridized carbons (Fsp3) is 0.429. The lowest BCUT2D eigenvalue weighted by Crippen LogP contribution is -1.97. The summed E-state index contributed by atoms with van der Waals surface area (Å²) in [5, 5.41) is 2.56. The van der Waals surface area contributed by atoms with Gasteiger partial charge in [-0.1, -0.05) is 13.8 Å². The molecule has 0 atom stereocenters. The van der Waals surface area contributed by atoms with Crippen molar-refractivity contribution in [2.45, 2.75) is 13.8 Å². The minimum Gasteiger partial charge on any atom is -0.371 e. The Morgan fingerprint density at radius 2 is 2.08 bits per heavy atom. The normalized spacial score (nSPS) is 8.42. The van der Waals surface area contributed by atoms with Gasteiger partial charge in [0.15, 0.2) is 11.6 Å². The Kier molecular flexibility index (Phi) is 5.28. The number of aromatic nitrogens is 2. The minimum absolute atomic E-state index is 0.0331. The summed E-state index contributed by atoms with van der Waals surface area (Å²) in [6, 6.07) is 0. The Hall–Kier alpha value is -0.900. The van der Waals surface area contributed by atoms with Crippen molar-refractivity contribution in [1.82, 2.24) is 9.97 Å². The number of nitrogens with one attached hydrogen (secondary N) is 1. The van der Waals surface area contributed by atoms with E-state index in [0.717, 1.165) is 6.20 Å². The first-order valence-electron chi connectivity index (χ1n) is 3.60. The largest absolute Gasteiger partial charge is 0.371 e. The monoisotopic (exact) mass is 191 g/mol. The average Bonchev–Trinajstić information content (AvgIpc) is 2.13. The lowest BCUT2D eigenvalue weighted by molar-refractivity contribution is 0.618. The Bertz CT molecular complexity index is 242. The highest BCUT2D eigenvalue weighted by Crippen LogP contribution is 2.10. The van der Waals surface area contributed by atoms with Crippen molar-refractivity contribution in [2.24, 2.45) is 0 Å². The Labute approximate surface area is 76.0 Å². The zero-order chi connectivity index (χ0) is 9.56. The SMILES string of the molecule is CC.CNc1nc(Cl)ncc1F. The summed E-state index contributed by atoms with van der Waals surface area (Å²) in [5.74, 6) is -0.396. The van der Waals surface area contributed by atoms with E-state index in [9.17, 15) is 4.39 Å². The molecule has 0 fully saturated rings. The second-order valence-electron chi connectivity index (χ2n) is 1.59. The van der Waals surface area contributed by atoms with E-state index >= 15 is 0 Å². The molecule has 0 aliphatic rings. The number of halogens is 2. The molecule has 0 saturated carbocycles. The molecule has 0 aliphatic heterocycles. The molecule has 0 radical (unpaired) electrons. The molecule has 68 valence electrons. The number of anilines is 1. The number of hydrogen-bond donors (Lipinski definition) is 1. The van der Waals surface area contributed by atoms with Gasteiger partial charge in [0.1, 0.15) is 0 Å². The third kappa shape index (κ3) is 3.00. The highest BCUT2D eigenvalue weighted by Gasteiger charge is 2.01. The van der Waals surface area contributed by atoms with Crippen LogP contribution in [0.2, 0.25) is 5.28 Å². The second kappa shape index (κ2) is 5.71. The fourth-order valence-electron chi connectivity index (χ4n) is 0.521. The van der Waals surface area contributed by atoms with Gasteiger partial charge < -0.3 is 5.32 Å². The molecule has 0 bridgehead atoms. The second-order valence-corrected chi connectivity index (χ2v) is 1.92. The first-order valence-corrected chi connectivity index (χ1v) is 3.97. The summed E-state index contributed by atoms with van der Waals surface area (Å²) in [4.78, 5) is 6.99. The molecule has 1 N–H and O–H groups in total. The number of hydrogen-bond acceptors (Lipinski definition) is 3. The van der Waals surface area contributed by atoms with Crippen molar-refractivity contribution < 1.29 is 4.39 Å². The minimum atomic E-state index is -0.507. The van der Waals surface area contributed by atoms with Crippen LogP contribution in [-0.4, -0.2) is 17.0 Å². The molecule has 1 aromatic heterocycles. The van der Waals surface area contributed by atoms with E-state index in [2.05, 4.69) is 15.3 Å². The summed E-state index contributed by atoms with van der Waals surface area (Å²) in [5.41, 5.74) is 0. The first kappa shape index (κ1) is 11.1. The Morgan fingerprint density at radius 1 is 1.50 bits per heavy atom. The molecule has 5 heteroatoms. The van der Waals surface area contributed by atoms with Crippen LogP contribution in [0.4, 0.5) is 10.2 Å². The van der Waals surface area contributed by atoms with Gasteiger partial charge in [0.25, 0.3) is 0 Å². The molecule has 0 aliphatic carbocycles. The van der Waals surface area contributed by atoms with E-state index in [-0.39, 0.29) is 11.1 Å². The molecule has 0 saturated heterocycles. The van der Waals surface area contributed by atoms with Crippen LogP contribution >= 0.6 is 11.6 Å². The third-order valence-corrected chi connectivity index (χ3v) is 1.13. The lowest BCUT2D eigenvalue weighted by atomic mass is 10.5. The van der Waals surface area contributed by atoms with Crippen molar-refractivity contribution in [2.75, 3.05) is 12.4 Å². The quantitative estimate of drug-likeness (QED) is 0.693. The summed E-state index contributed by atoms with van der Waals surface area (Å²) in [6.45, 7) is 4.00. The van der Waals surface area contributed by atoms with Gasteiger partial charge in [0, 0.05) is 7.05 Å². The standard InChI is InChI=1S/C5H5ClFN3.C2H6/c1-8-4-3(7)2-9-5(6)10-4;1-2/h2H,1H3,(H,8,9,10);1-2H3. The van der Waals surface area contributed by atoms with Crippen LogP contribution in [-0.2, 0) is 0 Å². The molecule has 0 aromatic carbocycles. The molecular formula is C7H11ClFN3. The highest BCUT2D eigenvalue weighted by atomic mass is 35.5. The molecule has 1 heterocycles. The maximum Gasteiger partial charge on any atom is 0.224 e. The van der Waals surface area contributed by atoms with Crippen molar-refractivity contribution >= 4 is 17.4 Å². The van der Waals surface area contributed by atoms with Crippen LogP contribution in [0.5, 0.6) is 0 Å². The van der Waals surface area contributed by atoms with E-state index < -0.39 is 5.82 Å². The van der Waals surface area contributed by atoms with Crippen LogP contribution < -0.4 is 5.32 Å². The summed E-state index contributed by atoms with van der Waals surface area (Å²) < 4.78 is 12.5. The number of rotatable bonds is 1. The maximum absolute atomic E-state index is 12.5. The van der Waals surface area contributed by atoms with Gasteiger partial charge in [-0.05, 0) is 11.6 Å². The van der Waals surface area contributed by atoms with Gasteiger partial charge in [0.05, 0.1) is 6.20 Å². The van der Waals surface area contributed by atoms with Crippen molar-refractivity contribution in [3.63, 3.8) is 0 Å². The van der Waals surface area contributed by atoms with Gasteiger partial charge in [-0.15, -0.1) is 0 Å². The molecule has 0 unspecified atom stereocenters.